The lowest BCUT2D eigenvalue weighted by Gasteiger charge is -2.33. The van der Waals surface area contributed by atoms with Crippen LogP contribution in [0.2, 0.25) is 0 Å². The van der Waals surface area contributed by atoms with Crippen LogP contribution in [0.5, 0.6) is 0 Å². The molecule has 2 aromatic rings. The second-order valence-corrected chi connectivity index (χ2v) is 6.70. The molecule has 0 amide bonds. The maximum absolute atomic E-state index is 12.2. The first-order chi connectivity index (χ1) is 9.56. The fraction of sp³-hybridized carbons (Fsp3) is 0.571. The molecule has 3 heterocycles. The van der Waals surface area contributed by atoms with Gasteiger partial charge in [0.05, 0.1) is 11.9 Å². The number of rotatable bonds is 2. The predicted octanol–water partition coefficient (Wildman–Crippen LogP) is 1.82. The number of aromatic amines is 1. The molecule has 0 saturated carbocycles. The summed E-state index contributed by atoms with van der Waals surface area (Å²) in [5, 5.41) is 4.12. The summed E-state index contributed by atoms with van der Waals surface area (Å²) in [6, 6.07) is 0.469. The minimum absolute atomic E-state index is 0. The van der Waals surface area contributed by atoms with Crippen molar-refractivity contribution in [3.05, 3.63) is 26.6 Å². The molecule has 0 unspecified atom stereocenters. The molecule has 3 rings (SSSR count). The van der Waals surface area contributed by atoms with E-state index in [0.717, 1.165) is 41.2 Å². The van der Waals surface area contributed by atoms with Crippen molar-refractivity contribution in [2.75, 3.05) is 19.6 Å². The molecule has 0 radical (unpaired) electrons. The van der Waals surface area contributed by atoms with Crippen LogP contribution in [0, 0.1) is 13.8 Å². The molecule has 7 heteroatoms. The number of aromatic nitrogens is 2. The van der Waals surface area contributed by atoms with Gasteiger partial charge in [-0.3, -0.25) is 9.69 Å². The van der Waals surface area contributed by atoms with Crippen LogP contribution in [-0.4, -0.2) is 40.5 Å². The number of H-pyrrole nitrogens is 1. The number of hydrogen-bond acceptors (Lipinski definition) is 5. The highest BCUT2D eigenvalue weighted by atomic mass is 35.5. The molecule has 1 saturated heterocycles. The quantitative estimate of drug-likeness (QED) is 0.882. The standard InChI is InChI=1S/C14H20N4OS.ClH/c1-8-6-15-4-5-18(8)7-11-16-13(19)12-9(2)10(3)20-14(12)17-11;/h8,15H,4-7H2,1-3H3,(H,16,17,19);1H/t8-;/m0./s1. The van der Waals surface area contributed by atoms with Crippen LogP contribution in [0.1, 0.15) is 23.2 Å². The van der Waals surface area contributed by atoms with Gasteiger partial charge in [0.25, 0.3) is 5.56 Å². The van der Waals surface area contributed by atoms with Crippen molar-refractivity contribution in [3.8, 4) is 0 Å². The van der Waals surface area contributed by atoms with E-state index in [1.807, 2.05) is 13.8 Å². The van der Waals surface area contributed by atoms with E-state index >= 15 is 0 Å². The first-order valence-electron chi connectivity index (χ1n) is 7.00. The summed E-state index contributed by atoms with van der Waals surface area (Å²) >= 11 is 1.61. The number of halogens is 1. The zero-order chi connectivity index (χ0) is 14.3. The van der Waals surface area contributed by atoms with Gasteiger partial charge in [-0.25, -0.2) is 4.98 Å². The largest absolute Gasteiger partial charge is 0.314 e. The lowest BCUT2D eigenvalue weighted by atomic mass is 10.2. The van der Waals surface area contributed by atoms with Crippen molar-refractivity contribution in [1.82, 2.24) is 20.2 Å². The van der Waals surface area contributed by atoms with Gasteiger partial charge < -0.3 is 10.3 Å². The monoisotopic (exact) mass is 328 g/mol. The van der Waals surface area contributed by atoms with Crippen LogP contribution in [0.4, 0.5) is 0 Å². The Hall–Kier alpha value is -0.950. The van der Waals surface area contributed by atoms with E-state index in [9.17, 15) is 4.79 Å². The molecule has 2 aromatic heterocycles. The van der Waals surface area contributed by atoms with E-state index in [4.69, 9.17) is 0 Å². The van der Waals surface area contributed by atoms with Crippen molar-refractivity contribution >= 4 is 34.0 Å². The molecule has 21 heavy (non-hydrogen) atoms. The topological polar surface area (TPSA) is 61.0 Å². The fourth-order valence-corrected chi connectivity index (χ4v) is 3.73. The molecule has 0 aromatic carbocycles. The lowest BCUT2D eigenvalue weighted by Crippen LogP contribution is -2.49. The van der Waals surface area contributed by atoms with Gasteiger partial charge in [-0.1, -0.05) is 0 Å². The van der Waals surface area contributed by atoms with E-state index in [1.165, 1.54) is 4.88 Å². The molecule has 1 atom stereocenters. The van der Waals surface area contributed by atoms with E-state index in [1.54, 1.807) is 11.3 Å². The summed E-state index contributed by atoms with van der Waals surface area (Å²) in [6.45, 7) is 9.91. The van der Waals surface area contributed by atoms with Crippen molar-refractivity contribution in [2.45, 2.75) is 33.4 Å². The van der Waals surface area contributed by atoms with E-state index in [-0.39, 0.29) is 18.0 Å². The summed E-state index contributed by atoms with van der Waals surface area (Å²) in [7, 11) is 0. The third kappa shape index (κ3) is 3.13. The van der Waals surface area contributed by atoms with Gasteiger partial charge in [0.15, 0.2) is 0 Å². The Bertz CT molecular complexity index is 696. The first-order valence-corrected chi connectivity index (χ1v) is 7.81. The number of hydrogen-bond donors (Lipinski definition) is 2. The Morgan fingerprint density at radius 1 is 1.43 bits per heavy atom. The Morgan fingerprint density at radius 3 is 2.90 bits per heavy atom. The number of nitrogens with zero attached hydrogens (tertiary/aromatic N) is 2. The highest BCUT2D eigenvalue weighted by Crippen LogP contribution is 2.25. The molecular weight excluding hydrogens is 308 g/mol. The summed E-state index contributed by atoms with van der Waals surface area (Å²) in [6.07, 6.45) is 0. The first kappa shape index (κ1) is 16.4. The molecule has 1 fully saturated rings. The fourth-order valence-electron chi connectivity index (χ4n) is 2.68. The zero-order valence-electron chi connectivity index (χ0n) is 12.5. The molecule has 1 aliphatic rings. The van der Waals surface area contributed by atoms with Crippen LogP contribution in [-0.2, 0) is 6.54 Å². The maximum Gasteiger partial charge on any atom is 0.259 e. The van der Waals surface area contributed by atoms with Gasteiger partial charge in [0.2, 0.25) is 0 Å². The van der Waals surface area contributed by atoms with Gasteiger partial charge >= 0.3 is 0 Å². The molecule has 0 spiro atoms. The molecule has 2 N–H and O–H groups in total. The number of nitrogens with one attached hydrogen (secondary N) is 2. The Morgan fingerprint density at radius 2 is 2.19 bits per heavy atom. The van der Waals surface area contributed by atoms with Gasteiger partial charge in [0.1, 0.15) is 10.7 Å². The smallest absolute Gasteiger partial charge is 0.259 e. The third-order valence-electron chi connectivity index (χ3n) is 4.08. The molecule has 0 aliphatic carbocycles. The second kappa shape index (κ2) is 6.44. The van der Waals surface area contributed by atoms with Crippen LogP contribution in [0.15, 0.2) is 4.79 Å². The van der Waals surface area contributed by atoms with Gasteiger partial charge in [-0.15, -0.1) is 23.7 Å². The summed E-state index contributed by atoms with van der Waals surface area (Å²) < 4.78 is 0. The molecule has 1 aliphatic heterocycles. The molecular formula is C14H21ClN4OS. The maximum atomic E-state index is 12.2. The van der Waals surface area contributed by atoms with Gasteiger partial charge in [-0.05, 0) is 26.3 Å². The number of fused-ring (bicyclic) bond motifs is 1. The SMILES string of the molecule is Cc1sc2nc(CN3CCNC[C@@H]3C)[nH]c(=O)c2c1C.Cl. The van der Waals surface area contributed by atoms with E-state index < -0.39 is 0 Å². The number of piperazine rings is 1. The van der Waals surface area contributed by atoms with Crippen molar-refractivity contribution in [3.63, 3.8) is 0 Å². The van der Waals surface area contributed by atoms with Gasteiger partial charge in [0, 0.05) is 30.6 Å². The van der Waals surface area contributed by atoms with E-state index in [2.05, 4.69) is 27.1 Å². The Labute approximate surface area is 134 Å². The molecule has 116 valence electrons. The number of thiophene rings is 1. The number of aryl methyl sites for hydroxylation is 2. The predicted molar refractivity (Wildman–Crippen MR) is 89.7 cm³/mol. The third-order valence-corrected chi connectivity index (χ3v) is 5.18. The van der Waals surface area contributed by atoms with Crippen LogP contribution in [0.3, 0.4) is 0 Å². The van der Waals surface area contributed by atoms with Gasteiger partial charge in [-0.2, -0.15) is 0 Å². The minimum Gasteiger partial charge on any atom is -0.314 e. The van der Waals surface area contributed by atoms with E-state index in [0.29, 0.717) is 12.6 Å². The zero-order valence-corrected chi connectivity index (χ0v) is 14.2. The van der Waals surface area contributed by atoms with Crippen molar-refractivity contribution in [1.29, 1.82) is 0 Å². The average Bonchev–Trinajstić information content (AvgIpc) is 2.68. The normalized spacial score (nSPS) is 19.7. The van der Waals surface area contributed by atoms with Crippen molar-refractivity contribution in [2.24, 2.45) is 0 Å². The minimum atomic E-state index is -0.00497. The highest BCUT2D eigenvalue weighted by Gasteiger charge is 2.19. The van der Waals surface area contributed by atoms with Crippen molar-refractivity contribution < 1.29 is 0 Å². The van der Waals surface area contributed by atoms with Crippen LogP contribution >= 0.6 is 23.7 Å². The second-order valence-electron chi connectivity index (χ2n) is 5.50. The lowest BCUT2D eigenvalue weighted by molar-refractivity contribution is 0.162. The van der Waals surface area contributed by atoms with Crippen LogP contribution in [0.25, 0.3) is 10.2 Å². The Kier molecular flexibility index (Phi) is 5.03. The summed E-state index contributed by atoms with van der Waals surface area (Å²) in [5.41, 5.74) is 1.05. The molecule has 5 nitrogen and oxygen atoms in total. The summed E-state index contributed by atoms with van der Waals surface area (Å²) in [5.74, 6) is 0.775. The average molecular weight is 329 g/mol. The van der Waals surface area contributed by atoms with Crippen LogP contribution < -0.4 is 10.9 Å². The summed E-state index contributed by atoms with van der Waals surface area (Å²) in [4.78, 5) is 24.2. The highest BCUT2D eigenvalue weighted by molar-refractivity contribution is 7.18. The molecule has 0 bridgehead atoms. The Balaban J connectivity index is 0.00000161.